The Bertz CT molecular complexity index is 104. The van der Waals surface area contributed by atoms with E-state index in [0.717, 1.165) is 6.54 Å². The van der Waals surface area contributed by atoms with Gasteiger partial charge in [0, 0.05) is 0 Å². The zero-order chi connectivity index (χ0) is 7.98. The zero-order valence-electron chi connectivity index (χ0n) is 6.26. The Morgan fingerprint density at radius 2 is 2.40 bits per heavy atom. The van der Waals surface area contributed by atoms with Crippen LogP contribution in [0.15, 0.2) is 0 Å². The van der Waals surface area contributed by atoms with Gasteiger partial charge >= 0.3 is 5.97 Å². The van der Waals surface area contributed by atoms with Gasteiger partial charge in [0.2, 0.25) is 0 Å². The van der Waals surface area contributed by atoms with Gasteiger partial charge in [-0.1, -0.05) is 6.92 Å². The van der Waals surface area contributed by atoms with Crippen LogP contribution in [0.4, 0.5) is 0 Å². The minimum atomic E-state index is -0.731. The third-order valence-corrected chi connectivity index (χ3v) is 1.35. The molecule has 0 aliphatic carbocycles. The van der Waals surface area contributed by atoms with Crippen molar-refractivity contribution in [1.82, 2.24) is 5.32 Å². The van der Waals surface area contributed by atoms with Gasteiger partial charge in [0.05, 0.1) is 5.92 Å². The van der Waals surface area contributed by atoms with Gasteiger partial charge in [0.15, 0.2) is 0 Å². The molecule has 0 spiro atoms. The molecule has 0 bridgehead atoms. The van der Waals surface area contributed by atoms with Crippen LogP contribution in [0.25, 0.3) is 0 Å². The van der Waals surface area contributed by atoms with Crippen LogP contribution in [0.3, 0.4) is 0 Å². The molecule has 3 nitrogen and oxygen atoms in total. The monoisotopic (exact) mass is 144 g/mol. The maximum Gasteiger partial charge on any atom is 0.306 e. The largest absolute Gasteiger partial charge is 0.481 e. The maximum atomic E-state index is 10.3. The number of hydrogen-bond donors (Lipinski definition) is 2. The molecule has 0 aromatic carbocycles. The van der Waals surface area contributed by atoms with Gasteiger partial charge in [-0.05, 0) is 26.4 Å². The van der Waals surface area contributed by atoms with Gasteiger partial charge in [0.25, 0.3) is 0 Å². The van der Waals surface area contributed by atoms with Gasteiger partial charge in [-0.2, -0.15) is 0 Å². The molecule has 0 rings (SSSR count). The lowest BCUT2D eigenvalue weighted by atomic mass is 10.1. The summed E-state index contributed by atoms with van der Waals surface area (Å²) in [6, 6.07) is 0. The first-order chi connectivity index (χ1) is 4.68. The lowest BCUT2D eigenvalue weighted by molar-refractivity contribution is -0.141. The number of carbonyl (C=O) groups is 1. The molecule has 0 amide bonds. The molecule has 0 aliphatic rings. The zero-order valence-corrected chi connectivity index (χ0v) is 6.26. The summed E-state index contributed by atoms with van der Waals surface area (Å²) >= 11 is 0. The predicted molar refractivity (Wildman–Crippen MR) is 39.6 cm³/mol. The van der Waals surface area contributed by atoms with Crippen LogP contribution in [0, 0.1) is 12.8 Å². The second kappa shape index (κ2) is 5.23. The molecule has 0 saturated carbocycles. The third-order valence-electron chi connectivity index (χ3n) is 1.35. The van der Waals surface area contributed by atoms with Gasteiger partial charge in [-0.25, -0.2) is 0 Å². The molecule has 2 N–H and O–H groups in total. The Morgan fingerprint density at radius 3 is 2.80 bits per heavy atom. The number of nitrogens with one attached hydrogen (secondary N) is 1. The Hall–Kier alpha value is -0.570. The first-order valence-corrected chi connectivity index (χ1v) is 3.41. The quantitative estimate of drug-likeness (QED) is 0.553. The average molecular weight is 144 g/mol. The summed E-state index contributed by atoms with van der Waals surface area (Å²) < 4.78 is 0. The summed E-state index contributed by atoms with van der Waals surface area (Å²) in [5, 5.41) is 11.4. The van der Waals surface area contributed by atoms with Crippen molar-refractivity contribution >= 4 is 5.97 Å². The Balaban J connectivity index is 3.21. The number of aliphatic carboxylic acids is 1. The van der Waals surface area contributed by atoms with E-state index in [1.807, 2.05) is 0 Å². The van der Waals surface area contributed by atoms with Crippen molar-refractivity contribution in [3.63, 3.8) is 0 Å². The van der Waals surface area contributed by atoms with Crippen LogP contribution < -0.4 is 5.32 Å². The molecule has 0 heterocycles. The van der Waals surface area contributed by atoms with E-state index >= 15 is 0 Å². The van der Waals surface area contributed by atoms with Crippen molar-refractivity contribution in [3.8, 4) is 0 Å². The van der Waals surface area contributed by atoms with Crippen LogP contribution in [-0.2, 0) is 4.79 Å². The van der Waals surface area contributed by atoms with Crippen LogP contribution in [0.5, 0.6) is 0 Å². The van der Waals surface area contributed by atoms with E-state index in [2.05, 4.69) is 12.2 Å². The van der Waals surface area contributed by atoms with E-state index in [1.165, 1.54) is 0 Å². The van der Waals surface area contributed by atoms with E-state index in [9.17, 15) is 4.79 Å². The predicted octanol–water partition coefficient (Wildman–Crippen LogP) is 0.521. The second-order valence-corrected chi connectivity index (χ2v) is 2.28. The van der Waals surface area contributed by atoms with E-state index in [4.69, 9.17) is 5.11 Å². The fourth-order valence-electron chi connectivity index (χ4n) is 0.567. The van der Waals surface area contributed by atoms with Gasteiger partial charge in [-0.3, -0.25) is 4.79 Å². The van der Waals surface area contributed by atoms with Crippen LogP contribution >= 0.6 is 0 Å². The summed E-state index contributed by atoms with van der Waals surface area (Å²) in [5.74, 6) is -0.982. The highest BCUT2D eigenvalue weighted by molar-refractivity contribution is 5.69. The molecule has 3 heteroatoms. The highest BCUT2D eigenvalue weighted by atomic mass is 16.4. The summed E-state index contributed by atoms with van der Waals surface area (Å²) in [5.41, 5.74) is 0. The van der Waals surface area contributed by atoms with E-state index in [-0.39, 0.29) is 5.92 Å². The number of rotatable bonds is 5. The third kappa shape index (κ3) is 4.32. The highest BCUT2D eigenvalue weighted by Gasteiger charge is 2.08. The van der Waals surface area contributed by atoms with Crippen molar-refractivity contribution in [2.45, 2.75) is 13.3 Å². The number of hydrogen-bond acceptors (Lipinski definition) is 2. The molecule has 0 aliphatic heterocycles. The van der Waals surface area contributed by atoms with E-state index < -0.39 is 5.97 Å². The number of carboxylic acids is 1. The standard InChI is InChI=1S/C7H14NO2/c1-3-8-5-4-6(2)7(9)10/h6,8H,1,3-5H2,2H3,(H,9,10). The van der Waals surface area contributed by atoms with Gasteiger partial charge in [0.1, 0.15) is 0 Å². The van der Waals surface area contributed by atoms with Crippen molar-refractivity contribution in [1.29, 1.82) is 0 Å². The SMILES string of the molecule is [CH2]CNCCC(C)C(=O)O. The number of carboxylic acid groups (broad SMARTS) is 1. The fourth-order valence-corrected chi connectivity index (χ4v) is 0.567. The minimum Gasteiger partial charge on any atom is -0.481 e. The second-order valence-electron chi connectivity index (χ2n) is 2.28. The molecule has 1 atom stereocenters. The van der Waals surface area contributed by atoms with Gasteiger partial charge in [-0.15, -0.1) is 0 Å². The van der Waals surface area contributed by atoms with Crippen LogP contribution in [-0.4, -0.2) is 24.2 Å². The Morgan fingerprint density at radius 1 is 1.80 bits per heavy atom. The van der Waals surface area contributed by atoms with Crippen LogP contribution in [0.2, 0.25) is 0 Å². The molecular weight excluding hydrogens is 130 g/mol. The normalized spacial score (nSPS) is 13.0. The maximum absolute atomic E-state index is 10.3. The highest BCUT2D eigenvalue weighted by Crippen LogP contribution is 1.98. The smallest absolute Gasteiger partial charge is 0.306 e. The summed E-state index contributed by atoms with van der Waals surface area (Å²) in [4.78, 5) is 10.3. The molecule has 0 aromatic heterocycles. The molecule has 10 heavy (non-hydrogen) atoms. The molecular formula is C7H14NO2. The molecule has 0 saturated heterocycles. The average Bonchev–Trinajstić information content (AvgIpc) is 1.88. The molecule has 0 fully saturated rings. The summed E-state index contributed by atoms with van der Waals surface area (Å²) in [7, 11) is 0. The van der Waals surface area contributed by atoms with Crippen molar-refractivity contribution in [2.75, 3.05) is 13.1 Å². The van der Waals surface area contributed by atoms with E-state index in [1.54, 1.807) is 6.92 Å². The first kappa shape index (κ1) is 9.43. The van der Waals surface area contributed by atoms with Crippen molar-refractivity contribution < 1.29 is 9.90 Å². The van der Waals surface area contributed by atoms with E-state index in [0.29, 0.717) is 13.0 Å². The molecule has 1 radical (unpaired) electrons. The lowest BCUT2D eigenvalue weighted by Gasteiger charge is -2.04. The van der Waals surface area contributed by atoms with Crippen molar-refractivity contribution in [2.24, 2.45) is 5.92 Å². The molecule has 1 unspecified atom stereocenters. The topological polar surface area (TPSA) is 49.3 Å². The Kier molecular flexibility index (Phi) is 4.94. The molecule has 59 valence electrons. The van der Waals surface area contributed by atoms with Crippen LogP contribution in [0.1, 0.15) is 13.3 Å². The fraction of sp³-hybridized carbons (Fsp3) is 0.714. The van der Waals surface area contributed by atoms with Gasteiger partial charge < -0.3 is 10.4 Å². The molecule has 0 aromatic rings. The minimum absolute atomic E-state index is 0.251. The summed E-state index contributed by atoms with van der Waals surface area (Å²) in [6.45, 7) is 6.66. The Labute approximate surface area is 61.4 Å². The lowest BCUT2D eigenvalue weighted by Crippen LogP contribution is -2.20. The van der Waals surface area contributed by atoms with Crippen molar-refractivity contribution in [3.05, 3.63) is 6.92 Å². The first-order valence-electron chi connectivity index (χ1n) is 3.41. The summed E-state index contributed by atoms with van der Waals surface area (Å²) in [6.07, 6.45) is 0.671.